The molecule has 1 amide bonds. The number of carbonyl (C=O) groups excluding carboxylic acids is 1. The van der Waals surface area contributed by atoms with E-state index in [1.807, 2.05) is 0 Å². The molecule has 0 bridgehead atoms. The van der Waals surface area contributed by atoms with E-state index < -0.39 is 35.2 Å². The monoisotopic (exact) mass is 390 g/mol. The van der Waals surface area contributed by atoms with Crippen molar-refractivity contribution in [2.75, 3.05) is 5.32 Å². The molecule has 1 aliphatic carbocycles. The van der Waals surface area contributed by atoms with Gasteiger partial charge in [0.1, 0.15) is 11.4 Å². The number of nitrogens with zero attached hydrogens (tertiary/aromatic N) is 1. The van der Waals surface area contributed by atoms with E-state index in [1.165, 1.54) is 0 Å². The number of amides is 1. The molecule has 142 valence electrons. The van der Waals surface area contributed by atoms with Crippen LogP contribution in [-0.4, -0.2) is 16.7 Å². The predicted octanol–water partition coefficient (Wildman–Crippen LogP) is 6.07. The number of nitrogens with one attached hydrogen (secondary N) is 1. The molecule has 1 aromatic carbocycles. The summed E-state index contributed by atoms with van der Waals surface area (Å²) in [6.07, 6.45) is -3.73. The number of alkyl halides is 3. The summed E-state index contributed by atoms with van der Waals surface area (Å²) < 4.78 is 60.5. The maximum Gasteiger partial charge on any atom is 0.418 e. The molecule has 0 aliphatic heterocycles. The van der Waals surface area contributed by atoms with Gasteiger partial charge in [-0.05, 0) is 45.6 Å². The molecule has 0 spiro atoms. The Bertz CT molecular complexity index is 851. The molecule has 0 saturated heterocycles. The van der Waals surface area contributed by atoms with Crippen molar-refractivity contribution in [1.29, 1.82) is 0 Å². The normalized spacial score (nSPS) is 15.8. The second-order valence-electron chi connectivity index (χ2n) is 7.27. The highest BCUT2D eigenvalue weighted by atomic mass is 32.1. The van der Waals surface area contributed by atoms with E-state index in [-0.39, 0.29) is 20.9 Å². The highest BCUT2D eigenvalue weighted by molar-refractivity contribution is 7.22. The lowest BCUT2D eigenvalue weighted by molar-refractivity contribution is -0.137. The van der Waals surface area contributed by atoms with Gasteiger partial charge >= 0.3 is 12.3 Å². The molecule has 0 radical (unpaired) electrons. The van der Waals surface area contributed by atoms with Crippen LogP contribution in [0.15, 0.2) is 6.07 Å². The fourth-order valence-corrected chi connectivity index (χ4v) is 3.76. The molecule has 1 heterocycles. The van der Waals surface area contributed by atoms with E-state index in [4.69, 9.17) is 4.74 Å². The zero-order chi connectivity index (χ0) is 19.3. The lowest BCUT2D eigenvalue weighted by Gasteiger charge is -2.29. The molecule has 4 nitrogen and oxygen atoms in total. The van der Waals surface area contributed by atoms with Crippen molar-refractivity contribution in [2.24, 2.45) is 0 Å². The van der Waals surface area contributed by atoms with E-state index in [9.17, 15) is 22.4 Å². The van der Waals surface area contributed by atoms with Crippen LogP contribution >= 0.6 is 11.3 Å². The minimum atomic E-state index is -4.73. The summed E-state index contributed by atoms with van der Waals surface area (Å²) in [4.78, 5) is 15.7. The van der Waals surface area contributed by atoms with Gasteiger partial charge in [-0.3, -0.25) is 5.32 Å². The number of aromatic nitrogens is 1. The Labute approximate surface area is 151 Å². The molecule has 1 aromatic heterocycles. The standard InChI is InChI=1S/C17H18F4N2O2S/c1-16(2,3)25-15(24)23-14-22-13-10(26-14)7-9(18)11(8-5-4-6-8)12(13)17(19,20)21/h7-8H,4-6H2,1-3H3,(H,22,23,24). The number of halogens is 4. The lowest BCUT2D eigenvalue weighted by Crippen LogP contribution is -2.27. The SMILES string of the molecule is CC(C)(C)OC(=O)Nc1nc2c(C(F)(F)F)c(C3CCC3)c(F)cc2s1. The van der Waals surface area contributed by atoms with Gasteiger partial charge in [-0.2, -0.15) is 13.2 Å². The van der Waals surface area contributed by atoms with Crippen molar-refractivity contribution >= 4 is 32.8 Å². The van der Waals surface area contributed by atoms with E-state index in [2.05, 4.69) is 10.3 Å². The molecule has 2 aromatic rings. The number of anilines is 1. The van der Waals surface area contributed by atoms with Gasteiger partial charge in [-0.15, -0.1) is 0 Å². The summed E-state index contributed by atoms with van der Waals surface area (Å²) in [5, 5.41) is 2.25. The van der Waals surface area contributed by atoms with Crippen LogP contribution in [0.5, 0.6) is 0 Å². The maximum atomic E-state index is 14.4. The Morgan fingerprint density at radius 3 is 2.46 bits per heavy atom. The molecule has 1 fully saturated rings. The fraction of sp³-hybridized carbons (Fsp3) is 0.529. The van der Waals surface area contributed by atoms with Crippen LogP contribution in [-0.2, 0) is 10.9 Å². The second kappa shape index (κ2) is 6.37. The first kappa shape index (κ1) is 18.9. The van der Waals surface area contributed by atoms with Gasteiger partial charge in [0.2, 0.25) is 0 Å². The number of hydrogen-bond donors (Lipinski definition) is 1. The number of ether oxygens (including phenoxy) is 1. The van der Waals surface area contributed by atoms with Crippen LogP contribution < -0.4 is 5.32 Å². The summed E-state index contributed by atoms with van der Waals surface area (Å²) in [5.74, 6) is -1.32. The highest BCUT2D eigenvalue weighted by Crippen LogP contribution is 2.48. The minimum absolute atomic E-state index is 0.0314. The zero-order valence-corrected chi connectivity index (χ0v) is 15.3. The second-order valence-corrected chi connectivity index (χ2v) is 8.30. The van der Waals surface area contributed by atoms with Gasteiger partial charge in [0, 0.05) is 5.56 Å². The van der Waals surface area contributed by atoms with Crippen LogP contribution in [0, 0.1) is 5.82 Å². The van der Waals surface area contributed by atoms with Crippen molar-refractivity contribution in [2.45, 2.75) is 57.7 Å². The van der Waals surface area contributed by atoms with E-state index in [0.717, 1.165) is 23.8 Å². The van der Waals surface area contributed by atoms with Gasteiger partial charge in [0.15, 0.2) is 5.13 Å². The molecule has 0 atom stereocenters. The average molecular weight is 390 g/mol. The summed E-state index contributed by atoms with van der Waals surface area (Å²) in [5.41, 5.74) is -2.45. The largest absolute Gasteiger partial charge is 0.444 e. The van der Waals surface area contributed by atoms with Crippen molar-refractivity contribution in [1.82, 2.24) is 4.98 Å². The number of fused-ring (bicyclic) bond motifs is 1. The lowest BCUT2D eigenvalue weighted by atomic mass is 9.77. The molecular formula is C17H18F4N2O2S. The van der Waals surface area contributed by atoms with Crippen molar-refractivity contribution in [3.8, 4) is 0 Å². The molecular weight excluding hydrogens is 372 g/mol. The van der Waals surface area contributed by atoms with Crippen LogP contribution in [0.3, 0.4) is 0 Å². The first-order valence-corrected chi connectivity index (χ1v) is 8.97. The Hall–Kier alpha value is -1.90. The number of carbonyl (C=O) groups is 1. The van der Waals surface area contributed by atoms with Crippen LogP contribution in [0.4, 0.5) is 27.5 Å². The first-order valence-electron chi connectivity index (χ1n) is 8.16. The quantitative estimate of drug-likeness (QED) is 0.633. The van der Waals surface area contributed by atoms with E-state index in [0.29, 0.717) is 12.8 Å². The summed E-state index contributed by atoms with van der Waals surface area (Å²) in [6, 6.07) is 1.07. The number of hydrogen-bond acceptors (Lipinski definition) is 4. The fourth-order valence-electron chi connectivity index (χ4n) is 2.88. The van der Waals surface area contributed by atoms with Gasteiger partial charge in [0.25, 0.3) is 0 Å². The maximum absolute atomic E-state index is 14.4. The third kappa shape index (κ3) is 3.77. The first-order chi connectivity index (χ1) is 12.0. The summed E-state index contributed by atoms with van der Waals surface area (Å²) >= 11 is 0.779. The Morgan fingerprint density at radius 2 is 1.96 bits per heavy atom. The molecule has 9 heteroatoms. The third-order valence-corrected chi connectivity index (χ3v) is 5.00. The predicted molar refractivity (Wildman–Crippen MR) is 91.0 cm³/mol. The van der Waals surface area contributed by atoms with E-state index in [1.54, 1.807) is 20.8 Å². The average Bonchev–Trinajstić information content (AvgIpc) is 2.74. The Morgan fingerprint density at radius 1 is 1.31 bits per heavy atom. The van der Waals surface area contributed by atoms with Gasteiger partial charge in [0.05, 0.1) is 15.8 Å². The molecule has 1 saturated carbocycles. The summed E-state index contributed by atoms with van der Waals surface area (Å²) in [6.45, 7) is 4.98. The molecule has 1 N–H and O–H groups in total. The van der Waals surface area contributed by atoms with Crippen LogP contribution in [0.1, 0.15) is 57.1 Å². The molecule has 1 aliphatic rings. The smallest absolute Gasteiger partial charge is 0.418 e. The topological polar surface area (TPSA) is 51.2 Å². The van der Waals surface area contributed by atoms with Crippen molar-refractivity contribution in [3.05, 3.63) is 23.0 Å². The Balaban J connectivity index is 2.05. The molecule has 0 unspecified atom stereocenters. The van der Waals surface area contributed by atoms with Gasteiger partial charge < -0.3 is 4.74 Å². The van der Waals surface area contributed by atoms with Gasteiger partial charge in [-0.25, -0.2) is 14.2 Å². The number of rotatable bonds is 2. The minimum Gasteiger partial charge on any atom is -0.444 e. The summed E-state index contributed by atoms with van der Waals surface area (Å²) in [7, 11) is 0. The van der Waals surface area contributed by atoms with Gasteiger partial charge in [-0.1, -0.05) is 17.8 Å². The Kier molecular flexibility index (Phi) is 4.62. The molecule has 26 heavy (non-hydrogen) atoms. The third-order valence-electron chi connectivity index (χ3n) is 4.08. The number of benzene rings is 1. The number of thiazole rings is 1. The van der Waals surface area contributed by atoms with E-state index >= 15 is 0 Å². The highest BCUT2D eigenvalue weighted by Gasteiger charge is 2.41. The van der Waals surface area contributed by atoms with Crippen molar-refractivity contribution in [3.63, 3.8) is 0 Å². The zero-order valence-electron chi connectivity index (χ0n) is 14.5. The van der Waals surface area contributed by atoms with Crippen molar-refractivity contribution < 1.29 is 27.1 Å². The van der Waals surface area contributed by atoms with Crippen LogP contribution in [0.25, 0.3) is 10.2 Å². The van der Waals surface area contributed by atoms with Crippen LogP contribution in [0.2, 0.25) is 0 Å². The molecule has 3 rings (SSSR count).